The molecule has 0 atom stereocenters. The van der Waals surface area contributed by atoms with E-state index in [1.54, 1.807) is 13.8 Å². The van der Waals surface area contributed by atoms with Gasteiger partial charge in [-0.15, -0.1) is 0 Å². The van der Waals surface area contributed by atoms with Crippen molar-refractivity contribution in [3.05, 3.63) is 22.2 Å². The third-order valence-electron chi connectivity index (χ3n) is 2.48. The summed E-state index contributed by atoms with van der Waals surface area (Å²) in [5.74, 6) is -0.279. The minimum atomic E-state index is -0.752. The monoisotopic (exact) mass is 253 g/mol. The highest BCUT2D eigenvalue weighted by Gasteiger charge is 2.24. The number of amides is 1. The number of pyridine rings is 1. The summed E-state index contributed by atoms with van der Waals surface area (Å²) in [4.78, 5) is 24.9. The van der Waals surface area contributed by atoms with Crippen LogP contribution in [-0.2, 0) is 4.79 Å². The van der Waals surface area contributed by atoms with Crippen molar-refractivity contribution in [1.82, 2.24) is 4.98 Å². The molecule has 0 fully saturated rings. The van der Waals surface area contributed by atoms with Gasteiger partial charge in [0.1, 0.15) is 5.82 Å². The van der Waals surface area contributed by atoms with Crippen LogP contribution >= 0.6 is 0 Å². The molecule has 98 valence electrons. The molecule has 0 aliphatic rings. The van der Waals surface area contributed by atoms with Crippen molar-refractivity contribution in [2.45, 2.75) is 13.8 Å². The molecule has 0 aliphatic carbocycles. The largest absolute Gasteiger partial charge is 0.378 e. The van der Waals surface area contributed by atoms with Gasteiger partial charge in [0.05, 0.1) is 10.3 Å². The smallest absolute Gasteiger partial charge is 0.311 e. The average molecular weight is 253 g/mol. The van der Waals surface area contributed by atoms with Crippen molar-refractivity contribution in [1.29, 1.82) is 0 Å². The van der Waals surface area contributed by atoms with E-state index in [1.165, 1.54) is 12.1 Å². The molecule has 5 N–H and O–H groups in total. The first-order chi connectivity index (χ1) is 8.24. The Balaban J connectivity index is 2.79. The van der Waals surface area contributed by atoms with E-state index in [9.17, 15) is 14.9 Å². The number of nitrogens with one attached hydrogen (secondary N) is 1. The minimum absolute atomic E-state index is 0.179. The summed E-state index contributed by atoms with van der Waals surface area (Å²) in [6.07, 6.45) is 0. The molecule has 0 radical (unpaired) electrons. The Kier molecular flexibility index (Phi) is 3.70. The molecule has 0 aliphatic heterocycles. The van der Waals surface area contributed by atoms with Crippen LogP contribution in [0.4, 0.5) is 17.3 Å². The molecule has 1 heterocycles. The van der Waals surface area contributed by atoms with Crippen LogP contribution in [0.2, 0.25) is 0 Å². The number of hydrogen-bond donors (Lipinski definition) is 3. The van der Waals surface area contributed by atoms with Crippen LogP contribution in [0.5, 0.6) is 0 Å². The number of nitrogens with zero attached hydrogens (tertiary/aromatic N) is 2. The van der Waals surface area contributed by atoms with Crippen molar-refractivity contribution >= 4 is 23.2 Å². The molecule has 8 heteroatoms. The first-order valence-corrected chi connectivity index (χ1v) is 5.19. The lowest BCUT2D eigenvalue weighted by Crippen LogP contribution is -2.37. The maximum atomic E-state index is 11.1. The van der Waals surface area contributed by atoms with Crippen molar-refractivity contribution in [3.8, 4) is 0 Å². The summed E-state index contributed by atoms with van der Waals surface area (Å²) in [7, 11) is 0. The van der Waals surface area contributed by atoms with E-state index >= 15 is 0 Å². The topological polar surface area (TPSA) is 137 Å². The van der Waals surface area contributed by atoms with E-state index in [4.69, 9.17) is 11.5 Å². The Labute approximate surface area is 104 Å². The molecule has 0 saturated heterocycles. The van der Waals surface area contributed by atoms with Gasteiger partial charge in [-0.3, -0.25) is 14.9 Å². The Hall–Kier alpha value is -2.38. The fourth-order valence-electron chi connectivity index (χ4n) is 1.12. The van der Waals surface area contributed by atoms with E-state index in [0.717, 1.165) is 0 Å². The standard InChI is InChI=1S/C10H15N5O3/c1-10(2,9(12)16)5-13-7-4-3-6(15(17)18)8(11)14-7/h3-4H,5H2,1-2H3,(H2,12,16)(H3,11,13,14). The molecule has 0 aromatic carbocycles. The lowest BCUT2D eigenvalue weighted by Gasteiger charge is -2.21. The van der Waals surface area contributed by atoms with Gasteiger partial charge in [0.25, 0.3) is 0 Å². The van der Waals surface area contributed by atoms with E-state index in [0.29, 0.717) is 5.82 Å². The predicted molar refractivity (Wildman–Crippen MR) is 66.8 cm³/mol. The van der Waals surface area contributed by atoms with Crippen LogP contribution in [0.1, 0.15) is 13.8 Å². The third kappa shape index (κ3) is 3.06. The maximum absolute atomic E-state index is 11.1. The van der Waals surface area contributed by atoms with Crippen LogP contribution in [0.25, 0.3) is 0 Å². The first-order valence-electron chi connectivity index (χ1n) is 5.19. The van der Waals surface area contributed by atoms with Gasteiger partial charge in [0.15, 0.2) is 0 Å². The predicted octanol–water partition coefficient (Wildman–Crippen LogP) is 0.495. The molecule has 1 aromatic heterocycles. The summed E-state index contributed by atoms with van der Waals surface area (Å²) in [5.41, 5.74) is 9.65. The molecule has 8 nitrogen and oxygen atoms in total. The van der Waals surface area contributed by atoms with Gasteiger partial charge in [0.2, 0.25) is 11.7 Å². The molecular formula is C10H15N5O3. The Morgan fingerprint density at radius 2 is 2.17 bits per heavy atom. The summed E-state index contributed by atoms with van der Waals surface area (Å²) in [6.45, 7) is 3.61. The number of anilines is 2. The van der Waals surface area contributed by atoms with Gasteiger partial charge in [-0.2, -0.15) is 0 Å². The Morgan fingerprint density at radius 1 is 1.56 bits per heavy atom. The number of carbonyl (C=O) groups is 1. The number of nitrogens with two attached hydrogens (primary N) is 2. The van der Waals surface area contributed by atoms with Gasteiger partial charge in [0, 0.05) is 12.6 Å². The molecule has 0 saturated carbocycles. The second-order valence-corrected chi connectivity index (χ2v) is 4.46. The van der Waals surface area contributed by atoms with E-state index < -0.39 is 16.2 Å². The van der Waals surface area contributed by atoms with Crippen LogP contribution in [-0.4, -0.2) is 22.4 Å². The zero-order valence-corrected chi connectivity index (χ0v) is 10.1. The zero-order valence-electron chi connectivity index (χ0n) is 10.1. The zero-order chi connectivity index (χ0) is 13.9. The SMILES string of the molecule is CC(C)(CNc1ccc([N+](=O)[O-])c(N)n1)C(N)=O. The summed E-state index contributed by atoms with van der Waals surface area (Å²) in [5, 5.41) is 13.4. The van der Waals surface area contributed by atoms with E-state index in [2.05, 4.69) is 10.3 Å². The van der Waals surface area contributed by atoms with Crippen molar-refractivity contribution in [3.63, 3.8) is 0 Å². The highest BCUT2D eigenvalue weighted by atomic mass is 16.6. The van der Waals surface area contributed by atoms with E-state index in [-0.39, 0.29) is 18.1 Å². The summed E-state index contributed by atoms with van der Waals surface area (Å²) < 4.78 is 0. The van der Waals surface area contributed by atoms with Crippen molar-refractivity contribution < 1.29 is 9.72 Å². The summed E-state index contributed by atoms with van der Waals surface area (Å²) >= 11 is 0. The fraction of sp³-hybridized carbons (Fsp3) is 0.400. The van der Waals surface area contributed by atoms with Crippen LogP contribution in [0, 0.1) is 15.5 Å². The van der Waals surface area contributed by atoms with Gasteiger partial charge >= 0.3 is 5.69 Å². The lowest BCUT2D eigenvalue weighted by molar-refractivity contribution is -0.384. The number of carbonyl (C=O) groups excluding carboxylic acids is 1. The Morgan fingerprint density at radius 3 is 2.61 bits per heavy atom. The van der Waals surface area contributed by atoms with Crippen molar-refractivity contribution in [2.75, 3.05) is 17.6 Å². The van der Waals surface area contributed by atoms with E-state index in [1.807, 2.05) is 0 Å². The third-order valence-corrected chi connectivity index (χ3v) is 2.48. The second-order valence-electron chi connectivity index (χ2n) is 4.46. The average Bonchev–Trinajstić information content (AvgIpc) is 2.25. The quantitative estimate of drug-likeness (QED) is 0.516. The number of nitro groups is 1. The highest BCUT2D eigenvalue weighted by Crippen LogP contribution is 2.22. The number of nitrogen functional groups attached to an aromatic ring is 1. The molecule has 0 bridgehead atoms. The van der Waals surface area contributed by atoms with Crippen molar-refractivity contribution in [2.24, 2.45) is 11.1 Å². The maximum Gasteiger partial charge on any atom is 0.311 e. The number of primary amides is 1. The lowest BCUT2D eigenvalue weighted by atomic mass is 9.93. The molecule has 0 unspecified atom stereocenters. The first kappa shape index (κ1) is 13.7. The van der Waals surface area contributed by atoms with Gasteiger partial charge < -0.3 is 16.8 Å². The normalized spacial score (nSPS) is 11.0. The van der Waals surface area contributed by atoms with Crippen LogP contribution < -0.4 is 16.8 Å². The molecular weight excluding hydrogens is 238 g/mol. The minimum Gasteiger partial charge on any atom is -0.378 e. The number of hydrogen-bond acceptors (Lipinski definition) is 6. The van der Waals surface area contributed by atoms with Crippen LogP contribution in [0.3, 0.4) is 0 Å². The molecule has 18 heavy (non-hydrogen) atoms. The van der Waals surface area contributed by atoms with Gasteiger partial charge in [-0.1, -0.05) is 0 Å². The molecule has 1 aromatic rings. The fourth-order valence-corrected chi connectivity index (χ4v) is 1.12. The van der Waals surface area contributed by atoms with Crippen LogP contribution in [0.15, 0.2) is 12.1 Å². The Bertz CT molecular complexity index is 486. The number of aromatic nitrogens is 1. The second kappa shape index (κ2) is 4.86. The highest BCUT2D eigenvalue weighted by molar-refractivity contribution is 5.80. The molecule has 1 amide bonds. The molecule has 0 spiro atoms. The van der Waals surface area contributed by atoms with Gasteiger partial charge in [-0.05, 0) is 19.9 Å². The number of rotatable bonds is 5. The summed E-state index contributed by atoms with van der Waals surface area (Å²) in [6, 6.07) is 2.67. The van der Waals surface area contributed by atoms with Gasteiger partial charge in [-0.25, -0.2) is 4.98 Å². The molecule has 1 rings (SSSR count).